The van der Waals surface area contributed by atoms with Gasteiger partial charge in [0.25, 0.3) is 5.91 Å². The van der Waals surface area contributed by atoms with Crippen molar-refractivity contribution in [2.75, 3.05) is 50.4 Å². The van der Waals surface area contributed by atoms with E-state index < -0.39 is 0 Å². The van der Waals surface area contributed by atoms with Crippen molar-refractivity contribution in [3.63, 3.8) is 0 Å². The van der Waals surface area contributed by atoms with Crippen LogP contribution in [0.3, 0.4) is 0 Å². The standard InChI is InChI=1S/C16H21N5O2/c1-20(2)12-8-6-7-11(9-12)15(22)18-13-10-17-16(23-5)19-14(13)21(3)4/h6-10H,1-5H3,(H,18,22). The van der Waals surface area contributed by atoms with Crippen molar-refractivity contribution in [3.05, 3.63) is 36.0 Å². The van der Waals surface area contributed by atoms with Crippen LogP contribution in [0.4, 0.5) is 17.2 Å². The van der Waals surface area contributed by atoms with Crippen LogP contribution in [0.5, 0.6) is 6.01 Å². The lowest BCUT2D eigenvalue weighted by atomic mass is 10.2. The molecular formula is C16H21N5O2. The Bertz CT molecular complexity index is 701. The van der Waals surface area contributed by atoms with E-state index >= 15 is 0 Å². The van der Waals surface area contributed by atoms with Crippen LogP contribution in [-0.4, -0.2) is 51.2 Å². The van der Waals surface area contributed by atoms with Gasteiger partial charge in [-0.05, 0) is 18.2 Å². The highest BCUT2D eigenvalue weighted by Gasteiger charge is 2.14. The quantitative estimate of drug-likeness (QED) is 0.908. The fourth-order valence-corrected chi connectivity index (χ4v) is 2.00. The minimum atomic E-state index is -0.217. The molecule has 7 nitrogen and oxygen atoms in total. The van der Waals surface area contributed by atoms with Gasteiger partial charge in [-0.1, -0.05) is 6.07 Å². The van der Waals surface area contributed by atoms with E-state index in [1.165, 1.54) is 13.3 Å². The highest BCUT2D eigenvalue weighted by molar-refractivity contribution is 6.06. The Morgan fingerprint density at radius 2 is 1.91 bits per heavy atom. The molecule has 0 atom stereocenters. The number of rotatable bonds is 5. The number of aromatic nitrogens is 2. The van der Waals surface area contributed by atoms with Crippen LogP contribution in [0.15, 0.2) is 30.5 Å². The maximum atomic E-state index is 12.5. The van der Waals surface area contributed by atoms with Gasteiger partial charge in [0, 0.05) is 39.4 Å². The summed E-state index contributed by atoms with van der Waals surface area (Å²) in [6.45, 7) is 0. The zero-order valence-corrected chi connectivity index (χ0v) is 14.0. The van der Waals surface area contributed by atoms with Gasteiger partial charge in [0.05, 0.1) is 13.3 Å². The molecule has 0 saturated carbocycles. The minimum absolute atomic E-state index is 0.217. The third-order valence-electron chi connectivity index (χ3n) is 3.23. The number of hydrogen-bond donors (Lipinski definition) is 1. The van der Waals surface area contributed by atoms with Gasteiger partial charge in [0.2, 0.25) is 0 Å². The van der Waals surface area contributed by atoms with Crippen molar-refractivity contribution >= 4 is 23.1 Å². The van der Waals surface area contributed by atoms with Crippen molar-refractivity contribution < 1.29 is 9.53 Å². The van der Waals surface area contributed by atoms with Crippen LogP contribution in [0.2, 0.25) is 0 Å². The Morgan fingerprint density at radius 3 is 2.52 bits per heavy atom. The Morgan fingerprint density at radius 1 is 1.17 bits per heavy atom. The monoisotopic (exact) mass is 315 g/mol. The van der Waals surface area contributed by atoms with Crippen LogP contribution < -0.4 is 19.9 Å². The SMILES string of the molecule is COc1ncc(NC(=O)c2cccc(N(C)C)c2)c(N(C)C)n1. The van der Waals surface area contributed by atoms with Crippen molar-refractivity contribution in [2.45, 2.75) is 0 Å². The Kier molecular flexibility index (Phi) is 5.00. The maximum Gasteiger partial charge on any atom is 0.318 e. The molecule has 2 rings (SSSR count). The second-order valence-electron chi connectivity index (χ2n) is 5.39. The number of hydrogen-bond acceptors (Lipinski definition) is 6. The summed E-state index contributed by atoms with van der Waals surface area (Å²) in [6, 6.07) is 7.64. The van der Waals surface area contributed by atoms with E-state index in [0.717, 1.165) is 5.69 Å². The van der Waals surface area contributed by atoms with Crippen molar-refractivity contribution in [2.24, 2.45) is 0 Å². The first-order valence-corrected chi connectivity index (χ1v) is 7.09. The summed E-state index contributed by atoms with van der Waals surface area (Å²) >= 11 is 0. The summed E-state index contributed by atoms with van der Waals surface area (Å²) in [5.41, 5.74) is 2.05. The van der Waals surface area contributed by atoms with Crippen molar-refractivity contribution in [1.29, 1.82) is 0 Å². The van der Waals surface area contributed by atoms with Crippen LogP contribution in [-0.2, 0) is 0 Å². The molecule has 0 spiro atoms. The lowest BCUT2D eigenvalue weighted by molar-refractivity contribution is 0.102. The highest BCUT2D eigenvalue weighted by atomic mass is 16.5. The second-order valence-corrected chi connectivity index (χ2v) is 5.39. The third kappa shape index (κ3) is 3.88. The Balaban J connectivity index is 2.28. The molecule has 0 bridgehead atoms. The van der Waals surface area contributed by atoms with E-state index in [1.807, 2.05) is 51.3 Å². The molecule has 1 aromatic carbocycles. The van der Waals surface area contributed by atoms with Gasteiger partial charge in [-0.2, -0.15) is 4.98 Å². The van der Waals surface area contributed by atoms with Gasteiger partial charge in [0.15, 0.2) is 5.82 Å². The van der Waals surface area contributed by atoms with Crippen molar-refractivity contribution in [3.8, 4) is 6.01 Å². The topological polar surface area (TPSA) is 70.6 Å². The summed E-state index contributed by atoms with van der Waals surface area (Å²) < 4.78 is 5.02. The summed E-state index contributed by atoms with van der Waals surface area (Å²) in [5.74, 6) is 0.361. The molecule has 1 N–H and O–H groups in total. The second kappa shape index (κ2) is 6.95. The highest BCUT2D eigenvalue weighted by Crippen LogP contribution is 2.24. The number of nitrogens with one attached hydrogen (secondary N) is 1. The van der Waals surface area contributed by atoms with Gasteiger partial charge in [-0.3, -0.25) is 4.79 Å². The number of ether oxygens (including phenoxy) is 1. The molecule has 0 aliphatic heterocycles. The number of anilines is 3. The van der Waals surface area contributed by atoms with E-state index in [2.05, 4.69) is 15.3 Å². The Labute approximate surface area is 135 Å². The number of nitrogens with zero attached hydrogens (tertiary/aromatic N) is 4. The predicted octanol–water partition coefficient (Wildman–Crippen LogP) is 1.87. The van der Waals surface area contributed by atoms with Crippen LogP contribution in [0, 0.1) is 0 Å². The molecule has 0 saturated heterocycles. The molecule has 1 aromatic heterocycles. The van der Waals surface area contributed by atoms with Crippen LogP contribution in [0.25, 0.3) is 0 Å². The molecule has 0 fully saturated rings. The molecule has 1 heterocycles. The zero-order valence-electron chi connectivity index (χ0n) is 14.0. The lowest BCUT2D eigenvalue weighted by Gasteiger charge is -2.17. The summed E-state index contributed by atoms with van der Waals surface area (Å²) in [5, 5.41) is 2.85. The predicted molar refractivity (Wildman–Crippen MR) is 91.6 cm³/mol. The molecule has 0 radical (unpaired) electrons. The van der Waals surface area contributed by atoms with Gasteiger partial charge < -0.3 is 19.9 Å². The average Bonchev–Trinajstić information content (AvgIpc) is 2.55. The van der Waals surface area contributed by atoms with Crippen LogP contribution >= 0.6 is 0 Å². The fourth-order valence-electron chi connectivity index (χ4n) is 2.00. The molecule has 23 heavy (non-hydrogen) atoms. The van der Waals surface area contributed by atoms with E-state index in [-0.39, 0.29) is 11.9 Å². The molecule has 122 valence electrons. The van der Waals surface area contributed by atoms with E-state index in [1.54, 1.807) is 11.0 Å². The molecular weight excluding hydrogens is 294 g/mol. The van der Waals surface area contributed by atoms with Gasteiger partial charge in [-0.25, -0.2) is 4.98 Å². The van der Waals surface area contributed by atoms with Gasteiger partial charge in [-0.15, -0.1) is 0 Å². The smallest absolute Gasteiger partial charge is 0.318 e. The van der Waals surface area contributed by atoms with Crippen molar-refractivity contribution in [1.82, 2.24) is 9.97 Å². The number of methoxy groups -OCH3 is 1. The summed E-state index contributed by atoms with van der Waals surface area (Å²) in [4.78, 5) is 24.5. The molecule has 0 aliphatic rings. The van der Waals surface area contributed by atoms with E-state index in [9.17, 15) is 4.79 Å². The number of carbonyl (C=O) groups excluding carboxylic acids is 1. The first-order chi connectivity index (χ1) is 10.9. The average molecular weight is 315 g/mol. The number of amides is 1. The Hall–Kier alpha value is -2.83. The van der Waals surface area contributed by atoms with Gasteiger partial charge >= 0.3 is 6.01 Å². The third-order valence-corrected chi connectivity index (χ3v) is 3.23. The molecule has 0 aliphatic carbocycles. The van der Waals surface area contributed by atoms with E-state index in [0.29, 0.717) is 17.1 Å². The van der Waals surface area contributed by atoms with Crippen LogP contribution in [0.1, 0.15) is 10.4 Å². The molecule has 1 amide bonds. The van der Waals surface area contributed by atoms with E-state index in [4.69, 9.17) is 4.74 Å². The van der Waals surface area contributed by atoms with Gasteiger partial charge in [0.1, 0.15) is 5.69 Å². The minimum Gasteiger partial charge on any atom is -0.467 e. The molecule has 2 aromatic rings. The molecule has 7 heteroatoms. The maximum absolute atomic E-state index is 12.5. The number of benzene rings is 1. The zero-order chi connectivity index (χ0) is 17.0. The first-order valence-electron chi connectivity index (χ1n) is 7.09. The first kappa shape index (κ1) is 16.5. The summed E-state index contributed by atoms with van der Waals surface area (Å²) in [6.07, 6.45) is 1.54. The summed E-state index contributed by atoms with van der Waals surface area (Å²) in [7, 11) is 9.03. The number of carbonyl (C=O) groups is 1. The lowest BCUT2D eigenvalue weighted by Crippen LogP contribution is -2.19. The fraction of sp³-hybridized carbons (Fsp3) is 0.312. The largest absolute Gasteiger partial charge is 0.467 e. The normalized spacial score (nSPS) is 10.1. The molecule has 0 unspecified atom stereocenters.